The minimum absolute atomic E-state index is 0.556. The molecule has 0 spiro atoms. The average molecular weight is 185 g/mol. The third-order valence-corrected chi connectivity index (χ3v) is 2.89. The number of nitrogens with two attached hydrogens (primary N) is 1. The van der Waals surface area contributed by atoms with Crippen LogP contribution in [0.1, 0.15) is 13.8 Å². The van der Waals surface area contributed by atoms with Gasteiger partial charge in [-0.2, -0.15) is 0 Å². The number of nitrogens with zero attached hydrogens (tertiary/aromatic N) is 2. The van der Waals surface area contributed by atoms with Crippen molar-refractivity contribution in [2.24, 2.45) is 11.7 Å². The zero-order valence-electron chi connectivity index (χ0n) is 9.16. The van der Waals surface area contributed by atoms with E-state index in [0.29, 0.717) is 6.04 Å². The highest BCUT2D eigenvalue weighted by atomic mass is 15.2. The van der Waals surface area contributed by atoms with Gasteiger partial charge in [0, 0.05) is 32.2 Å². The van der Waals surface area contributed by atoms with E-state index in [9.17, 15) is 0 Å². The first-order valence-corrected chi connectivity index (χ1v) is 5.30. The predicted octanol–water partition coefficient (Wildman–Crippen LogP) is 0.217. The summed E-state index contributed by atoms with van der Waals surface area (Å²) in [5.74, 6) is 0.765. The summed E-state index contributed by atoms with van der Waals surface area (Å²) in [6.07, 6.45) is 0. The lowest BCUT2D eigenvalue weighted by Gasteiger charge is -2.28. The van der Waals surface area contributed by atoms with E-state index >= 15 is 0 Å². The maximum absolute atomic E-state index is 5.78. The molecule has 1 heterocycles. The molecule has 3 heteroatoms. The smallest absolute Gasteiger partial charge is 0.0345 e. The number of hydrogen-bond acceptors (Lipinski definition) is 3. The van der Waals surface area contributed by atoms with Crippen LogP contribution >= 0.6 is 0 Å². The molecule has 1 aliphatic rings. The van der Waals surface area contributed by atoms with Gasteiger partial charge in [-0.1, -0.05) is 13.8 Å². The molecule has 13 heavy (non-hydrogen) atoms. The highest BCUT2D eigenvalue weighted by Crippen LogP contribution is 2.11. The third-order valence-electron chi connectivity index (χ3n) is 2.89. The molecule has 0 aromatic carbocycles. The van der Waals surface area contributed by atoms with Crippen molar-refractivity contribution in [2.45, 2.75) is 19.9 Å². The van der Waals surface area contributed by atoms with Gasteiger partial charge in [-0.05, 0) is 19.5 Å². The number of likely N-dealkylation sites (N-methyl/N-ethyl adjacent to an activating group) is 2. The van der Waals surface area contributed by atoms with Gasteiger partial charge >= 0.3 is 0 Å². The van der Waals surface area contributed by atoms with E-state index in [0.717, 1.165) is 25.6 Å². The van der Waals surface area contributed by atoms with Gasteiger partial charge in [0.1, 0.15) is 0 Å². The second-order valence-corrected chi connectivity index (χ2v) is 4.30. The van der Waals surface area contributed by atoms with Crippen molar-refractivity contribution in [1.82, 2.24) is 9.80 Å². The Kier molecular flexibility index (Phi) is 4.16. The lowest BCUT2D eigenvalue weighted by molar-refractivity contribution is 0.196. The van der Waals surface area contributed by atoms with E-state index < -0.39 is 0 Å². The van der Waals surface area contributed by atoms with E-state index in [1.54, 1.807) is 0 Å². The molecule has 0 aliphatic carbocycles. The molecule has 0 aromatic heterocycles. The largest absolute Gasteiger partial charge is 0.329 e. The van der Waals surface area contributed by atoms with E-state index in [1.165, 1.54) is 13.1 Å². The Morgan fingerprint density at radius 2 is 2.00 bits per heavy atom. The van der Waals surface area contributed by atoms with Crippen molar-refractivity contribution in [3.8, 4) is 0 Å². The van der Waals surface area contributed by atoms with Crippen molar-refractivity contribution < 1.29 is 0 Å². The second kappa shape index (κ2) is 4.94. The van der Waals surface area contributed by atoms with Crippen molar-refractivity contribution in [2.75, 3.05) is 39.8 Å². The highest BCUT2D eigenvalue weighted by molar-refractivity contribution is 4.81. The first-order valence-electron chi connectivity index (χ1n) is 5.30. The molecule has 2 atom stereocenters. The van der Waals surface area contributed by atoms with Crippen LogP contribution in [0.25, 0.3) is 0 Å². The van der Waals surface area contributed by atoms with Crippen LogP contribution in [0.2, 0.25) is 0 Å². The molecule has 3 nitrogen and oxygen atoms in total. The Bertz CT molecular complexity index is 133. The summed E-state index contributed by atoms with van der Waals surface area (Å²) < 4.78 is 0. The normalized spacial score (nSPS) is 33.2. The maximum Gasteiger partial charge on any atom is 0.0345 e. The average Bonchev–Trinajstić information content (AvgIpc) is 2.23. The molecule has 1 rings (SSSR count). The minimum Gasteiger partial charge on any atom is -0.329 e. The van der Waals surface area contributed by atoms with Crippen LogP contribution in [0.5, 0.6) is 0 Å². The predicted molar refractivity (Wildman–Crippen MR) is 56.8 cm³/mol. The Morgan fingerprint density at radius 3 is 2.54 bits per heavy atom. The zero-order valence-corrected chi connectivity index (χ0v) is 9.16. The first-order chi connectivity index (χ1) is 6.17. The van der Waals surface area contributed by atoms with Gasteiger partial charge in [0.05, 0.1) is 0 Å². The molecule has 78 valence electrons. The van der Waals surface area contributed by atoms with Crippen LogP contribution in [0.15, 0.2) is 0 Å². The van der Waals surface area contributed by atoms with E-state index in [1.807, 2.05) is 0 Å². The fourth-order valence-corrected chi connectivity index (χ4v) is 2.30. The Labute approximate surface area is 81.9 Å². The van der Waals surface area contributed by atoms with E-state index in [2.05, 4.69) is 30.7 Å². The van der Waals surface area contributed by atoms with Gasteiger partial charge in [0.15, 0.2) is 0 Å². The standard InChI is InChI=1S/C10H23N3/c1-4-13-7-9(2)6-12(3)8-10(13)5-11/h9-10H,4-8,11H2,1-3H3. The van der Waals surface area contributed by atoms with Gasteiger partial charge in [-0.15, -0.1) is 0 Å². The van der Waals surface area contributed by atoms with E-state index in [4.69, 9.17) is 5.73 Å². The fraction of sp³-hybridized carbons (Fsp3) is 1.00. The topological polar surface area (TPSA) is 32.5 Å². The SMILES string of the molecule is CCN1CC(C)CN(C)CC1CN. The summed E-state index contributed by atoms with van der Waals surface area (Å²) in [5, 5.41) is 0. The summed E-state index contributed by atoms with van der Waals surface area (Å²) in [7, 11) is 2.19. The summed E-state index contributed by atoms with van der Waals surface area (Å²) in [4.78, 5) is 4.91. The maximum atomic E-state index is 5.78. The number of hydrogen-bond donors (Lipinski definition) is 1. The van der Waals surface area contributed by atoms with Crippen molar-refractivity contribution in [1.29, 1.82) is 0 Å². The lowest BCUT2D eigenvalue weighted by Crippen LogP contribution is -2.45. The van der Waals surface area contributed by atoms with Crippen molar-refractivity contribution >= 4 is 0 Å². The zero-order chi connectivity index (χ0) is 9.84. The van der Waals surface area contributed by atoms with Crippen LogP contribution in [0, 0.1) is 5.92 Å². The van der Waals surface area contributed by atoms with Gasteiger partial charge in [-0.3, -0.25) is 4.90 Å². The van der Waals surface area contributed by atoms with Crippen molar-refractivity contribution in [3.05, 3.63) is 0 Å². The van der Waals surface area contributed by atoms with Crippen LogP contribution in [-0.2, 0) is 0 Å². The molecular formula is C10H23N3. The van der Waals surface area contributed by atoms with E-state index in [-0.39, 0.29) is 0 Å². The third kappa shape index (κ3) is 2.93. The fourth-order valence-electron chi connectivity index (χ4n) is 2.30. The molecule has 0 aromatic rings. The summed E-state index contributed by atoms with van der Waals surface area (Å²) in [6.45, 7) is 9.97. The van der Waals surface area contributed by atoms with Crippen molar-refractivity contribution in [3.63, 3.8) is 0 Å². The minimum atomic E-state index is 0.556. The monoisotopic (exact) mass is 185 g/mol. The quantitative estimate of drug-likeness (QED) is 0.668. The van der Waals surface area contributed by atoms with Crippen LogP contribution in [0.3, 0.4) is 0 Å². The van der Waals surface area contributed by atoms with Gasteiger partial charge in [0.2, 0.25) is 0 Å². The molecule has 1 aliphatic heterocycles. The Balaban J connectivity index is 2.59. The first kappa shape index (κ1) is 11.0. The molecule has 2 N–H and O–H groups in total. The Morgan fingerprint density at radius 1 is 1.31 bits per heavy atom. The molecule has 0 bridgehead atoms. The summed E-state index contributed by atoms with van der Waals surface area (Å²) in [6, 6.07) is 0.556. The molecule has 0 radical (unpaired) electrons. The second-order valence-electron chi connectivity index (χ2n) is 4.30. The van der Waals surface area contributed by atoms with Gasteiger partial charge in [-0.25, -0.2) is 0 Å². The van der Waals surface area contributed by atoms with Crippen LogP contribution < -0.4 is 5.73 Å². The Hall–Kier alpha value is -0.120. The van der Waals surface area contributed by atoms with Crippen LogP contribution in [0.4, 0.5) is 0 Å². The highest BCUT2D eigenvalue weighted by Gasteiger charge is 2.23. The molecule has 0 saturated carbocycles. The summed E-state index contributed by atoms with van der Waals surface area (Å²) in [5.41, 5.74) is 5.78. The van der Waals surface area contributed by atoms with Crippen LogP contribution in [-0.4, -0.2) is 55.6 Å². The lowest BCUT2D eigenvalue weighted by atomic mass is 10.1. The van der Waals surface area contributed by atoms with Gasteiger partial charge in [0.25, 0.3) is 0 Å². The molecule has 1 fully saturated rings. The molecule has 1 saturated heterocycles. The molecular weight excluding hydrogens is 162 g/mol. The molecule has 0 amide bonds. The summed E-state index contributed by atoms with van der Waals surface area (Å²) >= 11 is 0. The number of rotatable bonds is 2. The van der Waals surface area contributed by atoms with Gasteiger partial charge < -0.3 is 10.6 Å². The molecule has 2 unspecified atom stereocenters.